The summed E-state index contributed by atoms with van der Waals surface area (Å²) in [4.78, 5) is 9.89. The zero-order valence-corrected chi connectivity index (χ0v) is 10.2. The van der Waals surface area contributed by atoms with Gasteiger partial charge >= 0.3 is 5.78 Å². The highest BCUT2D eigenvalue weighted by atomic mass is 16.5. The molecule has 2 aromatic carbocycles. The maximum absolute atomic E-state index is 9.89. The molecule has 0 amide bonds. The number of ketones is 1. The molecule has 0 aromatic heterocycles. The summed E-state index contributed by atoms with van der Waals surface area (Å²) in [5.74, 6) is 1.08. The van der Waals surface area contributed by atoms with Crippen molar-refractivity contribution in [1.82, 2.24) is 0 Å². The fourth-order valence-electron chi connectivity index (χ4n) is 1.60. The molecule has 0 aliphatic rings. The van der Waals surface area contributed by atoms with Crippen LogP contribution in [0.1, 0.15) is 11.1 Å². The van der Waals surface area contributed by atoms with E-state index in [1.807, 2.05) is 60.7 Å². The van der Waals surface area contributed by atoms with Gasteiger partial charge in [-0.2, -0.15) is 0 Å². The Kier molecular flexibility index (Phi) is 3.92. The molecule has 2 aromatic rings. The van der Waals surface area contributed by atoms with E-state index in [0.717, 1.165) is 16.9 Å². The fraction of sp³-hybridized carbons (Fsp3) is 0.0625. The second-order valence-electron chi connectivity index (χ2n) is 3.86. The van der Waals surface area contributed by atoms with Crippen LogP contribution in [0, 0.1) is 0 Å². The van der Waals surface area contributed by atoms with Gasteiger partial charge in [-0.05, 0) is 35.9 Å². The van der Waals surface area contributed by atoms with Crippen LogP contribution in [0.2, 0.25) is 0 Å². The van der Waals surface area contributed by atoms with Crippen LogP contribution >= 0.6 is 0 Å². The van der Waals surface area contributed by atoms with E-state index in [1.54, 1.807) is 13.2 Å². The Morgan fingerprint density at radius 1 is 1.00 bits per heavy atom. The Labute approximate surface area is 107 Å². The lowest BCUT2D eigenvalue weighted by molar-refractivity contribution is 0.415. The second kappa shape index (κ2) is 5.82. The number of hydrogen-bond acceptors (Lipinski definition) is 1. The van der Waals surface area contributed by atoms with Crippen LogP contribution in [-0.2, 0) is 0 Å². The maximum Gasteiger partial charge on any atom is 0.347 e. The normalized spacial score (nSPS) is 10.5. The van der Waals surface area contributed by atoms with Gasteiger partial charge in [0.15, 0.2) is 0 Å². The van der Waals surface area contributed by atoms with Gasteiger partial charge in [-0.3, -0.25) is 4.79 Å². The SMILES string of the molecule is COc1ccc(/C=C/C(=[OH+])c2ccccc2)cc1. The first-order valence-electron chi connectivity index (χ1n) is 5.73. The fourth-order valence-corrected chi connectivity index (χ4v) is 1.60. The third-order valence-electron chi connectivity index (χ3n) is 2.62. The minimum atomic E-state index is 0.256. The van der Waals surface area contributed by atoms with Crippen molar-refractivity contribution in [2.75, 3.05) is 7.11 Å². The first kappa shape index (κ1) is 12.1. The minimum Gasteiger partial charge on any atom is -0.497 e. The molecule has 2 nitrogen and oxygen atoms in total. The lowest BCUT2D eigenvalue weighted by atomic mass is 10.1. The Hall–Kier alpha value is -2.35. The molecule has 90 valence electrons. The molecule has 0 saturated heterocycles. The van der Waals surface area contributed by atoms with Gasteiger partial charge in [-0.1, -0.05) is 30.3 Å². The predicted molar refractivity (Wildman–Crippen MR) is 74.5 cm³/mol. The monoisotopic (exact) mass is 239 g/mol. The Balaban J connectivity index is 2.08. The zero-order valence-electron chi connectivity index (χ0n) is 10.2. The summed E-state index contributed by atoms with van der Waals surface area (Å²) >= 11 is 0. The van der Waals surface area contributed by atoms with Crippen molar-refractivity contribution in [3.63, 3.8) is 0 Å². The highest BCUT2D eigenvalue weighted by molar-refractivity contribution is 6.07. The maximum atomic E-state index is 9.89. The summed E-state index contributed by atoms with van der Waals surface area (Å²) in [5.41, 5.74) is 1.82. The highest BCUT2D eigenvalue weighted by Gasteiger charge is 2.06. The van der Waals surface area contributed by atoms with Gasteiger partial charge in [0.2, 0.25) is 0 Å². The second-order valence-corrected chi connectivity index (χ2v) is 3.86. The number of methoxy groups -OCH3 is 1. The van der Waals surface area contributed by atoms with Crippen molar-refractivity contribution in [2.45, 2.75) is 0 Å². The van der Waals surface area contributed by atoms with Crippen LogP contribution in [0.4, 0.5) is 0 Å². The van der Waals surface area contributed by atoms with Gasteiger partial charge in [0.25, 0.3) is 0 Å². The van der Waals surface area contributed by atoms with E-state index < -0.39 is 0 Å². The van der Waals surface area contributed by atoms with E-state index in [4.69, 9.17) is 4.74 Å². The topological polar surface area (TPSA) is 30.6 Å². The van der Waals surface area contributed by atoms with Crippen LogP contribution in [-0.4, -0.2) is 17.7 Å². The van der Waals surface area contributed by atoms with Gasteiger partial charge in [-0.15, -0.1) is 0 Å². The van der Waals surface area contributed by atoms with Crippen LogP contribution in [0.3, 0.4) is 0 Å². The van der Waals surface area contributed by atoms with Crippen LogP contribution < -0.4 is 4.74 Å². The molecule has 0 bridgehead atoms. The first-order chi connectivity index (χ1) is 8.79. The number of carbonyl (C=O) groups excluding carboxylic acids is 1. The molecular formula is C16H15O2+. The molecule has 0 aliphatic carbocycles. The minimum absolute atomic E-state index is 0.256. The molecule has 0 spiro atoms. The van der Waals surface area contributed by atoms with E-state index in [0.29, 0.717) is 0 Å². The predicted octanol–water partition coefficient (Wildman–Crippen LogP) is 3.30. The largest absolute Gasteiger partial charge is 0.497 e. The summed E-state index contributed by atoms with van der Waals surface area (Å²) in [6, 6.07) is 17.1. The number of allylic oxidation sites excluding steroid dienone is 1. The van der Waals surface area contributed by atoms with Crippen molar-refractivity contribution >= 4 is 11.9 Å². The summed E-state index contributed by atoms with van der Waals surface area (Å²) in [6.07, 6.45) is 3.55. The third-order valence-corrected chi connectivity index (χ3v) is 2.62. The molecule has 1 N–H and O–H groups in total. The summed E-state index contributed by atoms with van der Waals surface area (Å²) < 4.78 is 5.09. The van der Waals surface area contributed by atoms with E-state index in [-0.39, 0.29) is 5.78 Å². The van der Waals surface area contributed by atoms with E-state index in [2.05, 4.69) is 0 Å². The van der Waals surface area contributed by atoms with E-state index in [1.165, 1.54) is 0 Å². The Morgan fingerprint density at radius 3 is 2.28 bits per heavy atom. The van der Waals surface area contributed by atoms with Gasteiger partial charge in [0, 0.05) is 6.08 Å². The molecule has 0 heterocycles. The average molecular weight is 239 g/mol. The lowest BCUT2D eigenvalue weighted by Crippen LogP contribution is -1.94. The summed E-state index contributed by atoms with van der Waals surface area (Å²) in [6.45, 7) is 0. The molecular weight excluding hydrogens is 224 g/mol. The summed E-state index contributed by atoms with van der Waals surface area (Å²) in [5, 5.41) is 0. The highest BCUT2D eigenvalue weighted by Crippen LogP contribution is 2.12. The number of hydrogen-bond donors (Lipinski definition) is 0. The molecule has 0 aliphatic heterocycles. The van der Waals surface area contributed by atoms with E-state index in [9.17, 15) is 4.79 Å². The van der Waals surface area contributed by atoms with Crippen molar-refractivity contribution in [2.24, 2.45) is 0 Å². The molecule has 0 fully saturated rings. The Morgan fingerprint density at radius 2 is 1.67 bits per heavy atom. The first-order valence-corrected chi connectivity index (χ1v) is 5.73. The standard InChI is InChI=1S/C16H14O2/c1-18-15-10-7-13(8-11-15)9-12-16(17)14-5-3-2-4-6-14/h2-12H,1H3/p+1/b12-9+. The average Bonchev–Trinajstić information content (AvgIpc) is 2.46. The molecule has 0 saturated carbocycles. The molecule has 2 heteroatoms. The summed E-state index contributed by atoms with van der Waals surface area (Å²) in [7, 11) is 1.64. The van der Waals surface area contributed by atoms with Crippen LogP contribution in [0.15, 0.2) is 60.7 Å². The number of rotatable bonds is 4. The van der Waals surface area contributed by atoms with Crippen molar-refractivity contribution in [3.05, 3.63) is 71.8 Å². The van der Waals surface area contributed by atoms with Gasteiger partial charge in [0.1, 0.15) is 5.75 Å². The smallest absolute Gasteiger partial charge is 0.347 e. The van der Waals surface area contributed by atoms with Crippen molar-refractivity contribution in [3.8, 4) is 5.75 Å². The molecule has 0 radical (unpaired) electrons. The number of benzene rings is 2. The quantitative estimate of drug-likeness (QED) is 0.457. The molecule has 18 heavy (non-hydrogen) atoms. The van der Waals surface area contributed by atoms with Crippen molar-refractivity contribution < 1.29 is 9.53 Å². The van der Waals surface area contributed by atoms with Crippen molar-refractivity contribution in [1.29, 1.82) is 0 Å². The van der Waals surface area contributed by atoms with Crippen LogP contribution in [0.5, 0.6) is 5.75 Å². The molecule has 0 unspecified atom stereocenters. The zero-order chi connectivity index (χ0) is 12.8. The number of ether oxygens (including phenoxy) is 1. The van der Waals surface area contributed by atoms with E-state index >= 15 is 0 Å². The Bertz CT molecular complexity index is 539. The van der Waals surface area contributed by atoms with Gasteiger partial charge < -0.3 is 4.74 Å². The third kappa shape index (κ3) is 3.08. The lowest BCUT2D eigenvalue weighted by Gasteiger charge is -1.98. The molecule has 2 rings (SSSR count). The molecule has 0 atom stereocenters. The van der Waals surface area contributed by atoms with Gasteiger partial charge in [-0.25, -0.2) is 0 Å². The van der Waals surface area contributed by atoms with Crippen LogP contribution in [0.25, 0.3) is 6.08 Å². The van der Waals surface area contributed by atoms with Gasteiger partial charge in [0.05, 0.1) is 12.7 Å².